The predicted molar refractivity (Wildman–Crippen MR) is 66.8 cm³/mol. The van der Waals surface area contributed by atoms with Crippen LogP contribution in [0.25, 0.3) is 0 Å². The molecule has 0 N–H and O–H groups in total. The van der Waals surface area contributed by atoms with Crippen LogP contribution in [0.15, 0.2) is 22.7 Å². The molecule has 0 aliphatic carbocycles. The number of rotatable bonds is 3. The number of benzene rings is 1. The molecule has 14 heavy (non-hydrogen) atoms. The molecule has 0 saturated heterocycles. The van der Waals surface area contributed by atoms with E-state index in [1.165, 1.54) is 15.6 Å². The van der Waals surface area contributed by atoms with Crippen LogP contribution in [0.5, 0.6) is 0 Å². The molecule has 78 valence electrons. The molecule has 1 aromatic rings. The largest absolute Gasteiger partial charge is 0.0622 e. The number of hydrogen-bond donors (Lipinski definition) is 0. The minimum atomic E-state index is 0.641. The third kappa shape index (κ3) is 2.38. The summed E-state index contributed by atoms with van der Waals surface area (Å²) in [5.41, 5.74) is 2.96. The zero-order valence-corrected chi connectivity index (χ0v) is 11.1. The first kappa shape index (κ1) is 11.8. The lowest BCUT2D eigenvalue weighted by Gasteiger charge is -2.20. The highest BCUT2D eigenvalue weighted by atomic mass is 79.9. The Labute approximate surface area is 95.9 Å². The Morgan fingerprint density at radius 2 is 1.86 bits per heavy atom. The minimum absolute atomic E-state index is 0.641. The van der Waals surface area contributed by atoms with Gasteiger partial charge < -0.3 is 0 Å². The molecule has 0 bridgehead atoms. The molecule has 0 aliphatic rings. The van der Waals surface area contributed by atoms with Gasteiger partial charge in [0.1, 0.15) is 0 Å². The van der Waals surface area contributed by atoms with Crippen LogP contribution in [0, 0.1) is 5.92 Å². The fourth-order valence-corrected chi connectivity index (χ4v) is 2.40. The van der Waals surface area contributed by atoms with Gasteiger partial charge in [0.05, 0.1) is 0 Å². The molecule has 1 atom stereocenters. The van der Waals surface area contributed by atoms with E-state index in [9.17, 15) is 0 Å². The second kappa shape index (κ2) is 4.97. The second-order valence-corrected chi connectivity index (χ2v) is 5.05. The smallest absolute Gasteiger partial charge is 0.0210 e. The third-order valence-corrected chi connectivity index (χ3v) is 3.74. The van der Waals surface area contributed by atoms with Crippen molar-refractivity contribution in [3.63, 3.8) is 0 Å². The van der Waals surface area contributed by atoms with E-state index in [-0.39, 0.29) is 0 Å². The first-order valence-electron chi connectivity index (χ1n) is 5.35. The Morgan fingerprint density at radius 1 is 1.21 bits per heavy atom. The van der Waals surface area contributed by atoms with Gasteiger partial charge in [-0.1, -0.05) is 55.8 Å². The summed E-state index contributed by atoms with van der Waals surface area (Å²) in [5.74, 6) is 1.34. The van der Waals surface area contributed by atoms with Gasteiger partial charge in [-0.25, -0.2) is 0 Å². The van der Waals surface area contributed by atoms with Crippen molar-refractivity contribution in [2.45, 2.75) is 40.0 Å². The topological polar surface area (TPSA) is 0 Å². The van der Waals surface area contributed by atoms with Gasteiger partial charge in [0.15, 0.2) is 0 Å². The quantitative estimate of drug-likeness (QED) is 0.729. The molecule has 0 nitrogen and oxygen atoms in total. The van der Waals surface area contributed by atoms with E-state index in [0.29, 0.717) is 11.8 Å². The lowest BCUT2D eigenvalue weighted by atomic mass is 9.86. The van der Waals surface area contributed by atoms with Crippen molar-refractivity contribution in [3.05, 3.63) is 33.8 Å². The second-order valence-electron chi connectivity index (χ2n) is 4.19. The van der Waals surface area contributed by atoms with E-state index in [1.54, 1.807) is 0 Å². The highest BCUT2D eigenvalue weighted by Gasteiger charge is 2.14. The predicted octanol–water partition coefficient (Wildman–Crippen LogP) is 4.77. The summed E-state index contributed by atoms with van der Waals surface area (Å²) < 4.78 is 1.25. The molecule has 0 radical (unpaired) electrons. The van der Waals surface area contributed by atoms with Gasteiger partial charge >= 0.3 is 0 Å². The van der Waals surface area contributed by atoms with Crippen molar-refractivity contribution in [1.82, 2.24) is 0 Å². The molecule has 1 rings (SSSR count). The molecule has 0 aliphatic heterocycles. The summed E-state index contributed by atoms with van der Waals surface area (Å²) in [4.78, 5) is 0. The first-order valence-corrected chi connectivity index (χ1v) is 6.14. The van der Waals surface area contributed by atoms with Gasteiger partial charge in [-0.3, -0.25) is 0 Å². The maximum Gasteiger partial charge on any atom is 0.0210 e. The van der Waals surface area contributed by atoms with Crippen LogP contribution in [-0.4, -0.2) is 0 Å². The fraction of sp³-hybridized carbons (Fsp3) is 0.538. The van der Waals surface area contributed by atoms with Crippen molar-refractivity contribution in [3.8, 4) is 0 Å². The van der Waals surface area contributed by atoms with Crippen molar-refractivity contribution in [1.29, 1.82) is 0 Å². The molecule has 1 unspecified atom stereocenters. The lowest BCUT2D eigenvalue weighted by molar-refractivity contribution is 0.531. The Bertz CT molecular complexity index is 302. The minimum Gasteiger partial charge on any atom is -0.0622 e. The molecular formula is C13H19Br. The fourth-order valence-electron chi connectivity index (χ4n) is 1.73. The van der Waals surface area contributed by atoms with Crippen LogP contribution in [0.3, 0.4) is 0 Å². The molecular weight excluding hydrogens is 236 g/mol. The summed E-state index contributed by atoms with van der Waals surface area (Å²) in [6.45, 7) is 9.10. The highest BCUT2D eigenvalue weighted by Crippen LogP contribution is 2.31. The summed E-state index contributed by atoms with van der Waals surface area (Å²) in [7, 11) is 0. The van der Waals surface area contributed by atoms with Crippen LogP contribution in [0.4, 0.5) is 0 Å². The lowest BCUT2D eigenvalue weighted by Crippen LogP contribution is -2.05. The molecule has 0 aromatic heterocycles. The van der Waals surface area contributed by atoms with Gasteiger partial charge in [-0.05, 0) is 35.4 Å². The van der Waals surface area contributed by atoms with Crippen LogP contribution < -0.4 is 0 Å². The average molecular weight is 255 g/mol. The molecule has 0 saturated carbocycles. The standard InChI is InChI=1S/C13H19Br/c1-5-11-12(10(4)9(2)3)7-6-8-13(11)14/h6-10H,5H2,1-4H3. The maximum absolute atomic E-state index is 3.62. The zero-order chi connectivity index (χ0) is 10.7. The van der Waals surface area contributed by atoms with Crippen LogP contribution >= 0.6 is 15.9 Å². The summed E-state index contributed by atoms with van der Waals surface area (Å²) in [6.07, 6.45) is 1.10. The Hall–Kier alpha value is -0.300. The molecule has 0 spiro atoms. The van der Waals surface area contributed by atoms with Gasteiger partial charge in [0.25, 0.3) is 0 Å². The van der Waals surface area contributed by atoms with E-state index >= 15 is 0 Å². The summed E-state index contributed by atoms with van der Waals surface area (Å²) >= 11 is 3.62. The van der Waals surface area contributed by atoms with Gasteiger partial charge in [0.2, 0.25) is 0 Å². The van der Waals surface area contributed by atoms with E-state index in [0.717, 1.165) is 6.42 Å². The summed E-state index contributed by atoms with van der Waals surface area (Å²) in [5, 5.41) is 0. The zero-order valence-electron chi connectivity index (χ0n) is 9.47. The normalized spacial score (nSPS) is 13.3. The van der Waals surface area contributed by atoms with Crippen LogP contribution in [-0.2, 0) is 6.42 Å². The third-order valence-electron chi connectivity index (χ3n) is 3.00. The van der Waals surface area contributed by atoms with E-state index in [2.05, 4.69) is 61.8 Å². The average Bonchev–Trinajstić information content (AvgIpc) is 2.16. The highest BCUT2D eigenvalue weighted by molar-refractivity contribution is 9.10. The van der Waals surface area contributed by atoms with Gasteiger partial charge in [-0.2, -0.15) is 0 Å². The molecule has 0 fully saturated rings. The van der Waals surface area contributed by atoms with Crippen LogP contribution in [0.2, 0.25) is 0 Å². The molecule has 1 aromatic carbocycles. The number of hydrogen-bond acceptors (Lipinski definition) is 0. The molecule has 0 amide bonds. The molecule has 0 heterocycles. The Kier molecular flexibility index (Phi) is 4.18. The van der Waals surface area contributed by atoms with Crippen molar-refractivity contribution < 1.29 is 0 Å². The number of halogens is 1. The van der Waals surface area contributed by atoms with Gasteiger partial charge in [-0.15, -0.1) is 0 Å². The van der Waals surface area contributed by atoms with E-state index < -0.39 is 0 Å². The monoisotopic (exact) mass is 254 g/mol. The van der Waals surface area contributed by atoms with Crippen molar-refractivity contribution in [2.75, 3.05) is 0 Å². The van der Waals surface area contributed by atoms with E-state index in [1.807, 2.05) is 0 Å². The summed E-state index contributed by atoms with van der Waals surface area (Å²) in [6, 6.07) is 6.53. The first-order chi connectivity index (χ1) is 6.57. The Balaban J connectivity index is 3.13. The maximum atomic E-state index is 3.62. The van der Waals surface area contributed by atoms with Crippen LogP contribution in [0.1, 0.15) is 44.7 Å². The van der Waals surface area contributed by atoms with Gasteiger partial charge in [0, 0.05) is 4.47 Å². The van der Waals surface area contributed by atoms with Crippen molar-refractivity contribution >= 4 is 15.9 Å². The van der Waals surface area contributed by atoms with Crippen molar-refractivity contribution in [2.24, 2.45) is 5.92 Å². The Morgan fingerprint density at radius 3 is 2.36 bits per heavy atom. The van der Waals surface area contributed by atoms with E-state index in [4.69, 9.17) is 0 Å². The SMILES string of the molecule is CCc1c(Br)cccc1C(C)C(C)C. The molecule has 1 heteroatoms.